The standard InChI is InChI=1S/C43H83NO9/c1-4-6-8-10-12-14-16-18-20-22-26-31-37(47)42(51)44-35(33-52-43-41(50)40(49)39(48)38(32-45)53-43)36(46)30-27-23-25-29-34(3)28-24-21-19-17-15-13-11-9-7-5-2/h29,35-41,43,45-50H,4-28,30-33H2,1-3H3,(H,44,51)/t35-,36+,37+,38+,39+,40-,41+,43+/m0/s1. The Bertz CT molecular complexity index is 888. The zero-order chi connectivity index (χ0) is 39.1. The number of carbonyl (C=O) groups is 1. The summed E-state index contributed by atoms with van der Waals surface area (Å²) in [6, 6.07) is -0.907. The Hall–Kier alpha value is -1.11. The van der Waals surface area contributed by atoms with E-state index in [2.05, 4.69) is 32.2 Å². The minimum atomic E-state index is -1.60. The van der Waals surface area contributed by atoms with Gasteiger partial charge >= 0.3 is 0 Å². The molecule has 7 N–H and O–H groups in total. The molecule has 1 rings (SSSR count). The predicted molar refractivity (Wildman–Crippen MR) is 213 cm³/mol. The van der Waals surface area contributed by atoms with E-state index in [1.54, 1.807) is 0 Å². The van der Waals surface area contributed by atoms with E-state index in [1.807, 2.05) is 0 Å². The van der Waals surface area contributed by atoms with Gasteiger partial charge in [-0.2, -0.15) is 0 Å². The van der Waals surface area contributed by atoms with Gasteiger partial charge in [-0.05, 0) is 45.4 Å². The van der Waals surface area contributed by atoms with Crippen molar-refractivity contribution in [2.45, 2.75) is 243 Å². The second-order valence-corrected chi connectivity index (χ2v) is 15.8. The zero-order valence-electron chi connectivity index (χ0n) is 34.1. The normalized spacial score (nSPS) is 22.5. The molecule has 8 atom stereocenters. The van der Waals surface area contributed by atoms with Gasteiger partial charge < -0.3 is 45.4 Å². The van der Waals surface area contributed by atoms with Crippen LogP contribution < -0.4 is 5.32 Å². The van der Waals surface area contributed by atoms with Gasteiger partial charge in [0.2, 0.25) is 5.91 Å². The Morgan fingerprint density at radius 3 is 1.70 bits per heavy atom. The Labute approximate surface area is 323 Å². The van der Waals surface area contributed by atoms with Crippen LogP contribution in [0.2, 0.25) is 0 Å². The van der Waals surface area contributed by atoms with Crippen LogP contribution in [0.5, 0.6) is 0 Å². The number of aliphatic hydroxyl groups is 6. The molecule has 1 saturated heterocycles. The van der Waals surface area contributed by atoms with E-state index in [0.717, 1.165) is 51.4 Å². The fourth-order valence-electron chi connectivity index (χ4n) is 7.11. The largest absolute Gasteiger partial charge is 0.394 e. The molecule has 0 radical (unpaired) electrons. The van der Waals surface area contributed by atoms with E-state index in [1.165, 1.54) is 115 Å². The minimum Gasteiger partial charge on any atom is -0.394 e. The molecule has 53 heavy (non-hydrogen) atoms. The summed E-state index contributed by atoms with van der Waals surface area (Å²) >= 11 is 0. The van der Waals surface area contributed by atoms with Crippen molar-refractivity contribution < 1.29 is 44.9 Å². The van der Waals surface area contributed by atoms with Crippen LogP contribution in [0.15, 0.2) is 11.6 Å². The quantitative estimate of drug-likeness (QED) is 0.0255. The first kappa shape index (κ1) is 49.9. The molecule has 1 aliphatic rings. The van der Waals surface area contributed by atoms with Crippen molar-refractivity contribution in [2.24, 2.45) is 0 Å². The summed E-state index contributed by atoms with van der Waals surface area (Å²) in [4.78, 5) is 13.0. The fraction of sp³-hybridized carbons (Fsp3) is 0.930. The molecule has 0 bridgehead atoms. The van der Waals surface area contributed by atoms with E-state index in [0.29, 0.717) is 12.8 Å². The molecule has 314 valence electrons. The third-order valence-corrected chi connectivity index (χ3v) is 10.8. The fourth-order valence-corrected chi connectivity index (χ4v) is 7.11. The van der Waals surface area contributed by atoms with E-state index in [-0.39, 0.29) is 6.61 Å². The van der Waals surface area contributed by atoms with Crippen LogP contribution >= 0.6 is 0 Å². The second-order valence-electron chi connectivity index (χ2n) is 15.8. The Morgan fingerprint density at radius 1 is 0.679 bits per heavy atom. The molecular weight excluding hydrogens is 674 g/mol. The topological polar surface area (TPSA) is 169 Å². The molecule has 10 nitrogen and oxygen atoms in total. The third kappa shape index (κ3) is 24.2. The van der Waals surface area contributed by atoms with Gasteiger partial charge in [-0.15, -0.1) is 0 Å². The first-order valence-corrected chi connectivity index (χ1v) is 21.9. The number of amides is 1. The Balaban J connectivity index is 2.50. The van der Waals surface area contributed by atoms with E-state index >= 15 is 0 Å². The lowest BCUT2D eigenvalue weighted by molar-refractivity contribution is -0.302. The molecule has 1 fully saturated rings. The molecule has 0 spiro atoms. The number of unbranched alkanes of at least 4 members (excludes halogenated alkanes) is 21. The number of ether oxygens (including phenoxy) is 2. The molecule has 1 heterocycles. The van der Waals surface area contributed by atoms with Crippen LogP contribution in [0, 0.1) is 0 Å². The highest BCUT2D eigenvalue weighted by Crippen LogP contribution is 2.23. The molecule has 10 heteroatoms. The van der Waals surface area contributed by atoms with Gasteiger partial charge in [-0.25, -0.2) is 0 Å². The minimum absolute atomic E-state index is 0.265. The van der Waals surface area contributed by atoms with Crippen LogP contribution in [-0.4, -0.2) is 98.7 Å². The highest BCUT2D eigenvalue weighted by molar-refractivity contribution is 5.80. The molecule has 0 aromatic heterocycles. The summed E-state index contributed by atoms with van der Waals surface area (Å²) in [5, 5.41) is 64.7. The first-order valence-electron chi connectivity index (χ1n) is 21.9. The number of aliphatic hydroxyl groups excluding tert-OH is 6. The molecule has 0 aliphatic carbocycles. The van der Waals surface area contributed by atoms with Gasteiger partial charge in [0.15, 0.2) is 6.29 Å². The average Bonchev–Trinajstić information content (AvgIpc) is 3.15. The average molecular weight is 758 g/mol. The lowest BCUT2D eigenvalue weighted by atomic mass is 9.99. The van der Waals surface area contributed by atoms with Crippen LogP contribution in [-0.2, 0) is 14.3 Å². The SMILES string of the molecule is CCCCCCCCCCCCC[C@@H](O)C(=O)N[C@@H](CO[C@@H]1O[C@H](CO)[C@@H](O)[C@H](O)[C@H]1O)[C@H](O)CCCCC=C(C)CCCCCCCCCCCC. The van der Waals surface area contributed by atoms with Crippen molar-refractivity contribution in [3.63, 3.8) is 0 Å². The van der Waals surface area contributed by atoms with Crippen LogP contribution in [0.25, 0.3) is 0 Å². The monoisotopic (exact) mass is 758 g/mol. The summed E-state index contributed by atoms with van der Waals surface area (Å²) in [7, 11) is 0. The lowest BCUT2D eigenvalue weighted by Gasteiger charge is -2.40. The van der Waals surface area contributed by atoms with E-state index < -0.39 is 61.5 Å². The van der Waals surface area contributed by atoms with Gasteiger partial charge in [0, 0.05) is 0 Å². The van der Waals surface area contributed by atoms with Crippen molar-refractivity contribution >= 4 is 5.91 Å². The van der Waals surface area contributed by atoms with Gasteiger partial charge in [-0.1, -0.05) is 160 Å². The maximum absolute atomic E-state index is 13.0. The van der Waals surface area contributed by atoms with Gasteiger partial charge in [0.1, 0.15) is 30.5 Å². The molecule has 0 unspecified atom stereocenters. The number of hydrogen-bond acceptors (Lipinski definition) is 9. The Morgan fingerprint density at radius 2 is 1.17 bits per heavy atom. The summed E-state index contributed by atoms with van der Waals surface area (Å²) in [6.07, 6.45) is 23.4. The maximum atomic E-state index is 13.0. The van der Waals surface area contributed by atoms with Crippen molar-refractivity contribution in [1.29, 1.82) is 0 Å². The number of carbonyl (C=O) groups excluding carboxylic acids is 1. The first-order chi connectivity index (χ1) is 25.7. The van der Waals surface area contributed by atoms with E-state index in [4.69, 9.17) is 9.47 Å². The van der Waals surface area contributed by atoms with Crippen LogP contribution in [0.3, 0.4) is 0 Å². The highest BCUT2D eigenvalue weighted by Gasteiger charge is 2.44. The zero-order valence-corrected chi connectivity index (χ0v) is 34.1. The molecule has 0 aromatic rings. The summed E-state index contributed by atoms with van der Waals surface area (Å²) < 4.78 is 11.2. The van der Waals surface area contributed by atoms with Crippen molar-refractivity contribution in [2.75, 3.05) is 13.2 Å². The van der Waals surface area contributed by atoms with Crippen LogP contribution in [0.1, 0.15) is 194 Å². The number of rotatable bonds is 35. The van der Waals surface area contributed by atoms with E-state index in [9.17, 15) is 35.4 Å². The molecule has 1 aliphatic heterocycles. The predicted octanol–water partition coefficient (Wildman–Crippen LogP) is 7.53. The van der Waals surface area contributed by atoms with Crippen LogP contribution in [0.4, 0.5) is 0 Å². The smallest absolute Gasteiger partial charge is 0.249 e. The summed E-state index contributed by atoms with van der Waals surface area (Å²) in [5.41, 5.74) is 1.40. The molecule has 0 saturated carbocycles. The van der Waals surface area contributed by atoms with Gasteiger partial charge in [0.05, 0.1) is 25.4 Å². The summed E-state index contributed by atoms with van der Waals surface area (Å²) in [6.45, 7) is 5.81. The number of allylic oxidation sites excluding steroid dienone is 2. The molecule has 0 aromatic carbocycles. The van der Waals surface area contributed by atoms with Gasteiger partial charge in [-0.3, -0.25) is 4.79 Å². The van der Waals surface area contributed by atoms with Crippen molar-refractivity contribution in [3.05, 3.63) is 11.6 Å². The van der Waals surface area contributed by atoms with Crippen molar-refractivity contribution in [3.8, 4) is 0 Å². The molecule has 1 amide bonds. The number of nitrogens with one attached hydrogen (secondary N) is 1. The van der Waals surface area contributed by atoms with Crippen molar-refractivity contribution in [1.82, 2.24) is 5.32 Å². The lowest BCUT2D eigenvalue weighted by Crippen LogP contribution is -2.60. The Kier molecular flexibility index (Phi) is 31.1. The summed E-state index contributed by atoms with van der Waals surface area (Å²) in [5.74, 6) is -0.593. The number of hydrogen-bond donors (Lipinski definition) is 7. The second kappa shape index (κ2) is 33.1. The highest BCUT2D eigenvalue weighted by atomic mass is 16.7. The van der Waals surface area contributed by atoms with Gasteiger partial charge in [0.25, 0.3) is 0 Å². The third-order valence-electron chi connectivity index (χ3n) is 10.8. The molecular formula is C43H83NO9. The maximum Gasteiger partial charge on any atom is 0.249 e.